The van der Waals surface area contributed by atoms with Gasteiger partial charge in [0.1, 0.15) is 18.1 Å². The highest BCUT2D eigenvalue weighted by atomic mass is 32.2. The fourth-order valence-electron chi connectivity index (χ4n) is 3.43. The van der Waals surface area contributed by atoms with Crippen LogP contribution in [0.4, 0.5) is 0 Å². The Balaban J connectivity index is 3.01. The van der Waals surface area contributed by atoms with Crippen LogP contribution in [0, 0.1) is 0 Å². The lowest BCUT2D eigenvalue weighted by molar-refractivity contribution is -0.143. The van der Waals surface area contributed by atoms with Crippen LogP contribution in [0.5, 0.6) is 0 Å². The lowest BCUT2D eigenvalue weighted by Gasteiger charge is -2.24. The molecule has 14 nitrogen and oxygen atoms in total. The van der Waals surface area contributed by atoms with Crippen molar-refractivity contribution in [3.05, 3.63) is 35.9 Å². The topological polar surface area (TPSA) is 252 Å². The van der Waals surface area contributed by atoms with Gasteiger partial charge in [0.25, 0.3) is 0 Å². The number of nitrogens with two attached hydrogens (primary N) is 3. The van der Waals surface area contributed by atoms with Gasteiger partial charge in [0.15, 0.2) is 5.96 Å². The molecule has 0 aromatic heterocycles. The number of nitrogens with zero attached hydrogens (tertiary/aromatic N) is 1. The van der Waals surface area contributed by atoms with Crippen LogP contribution < -0.4 is 33.2 Å². The molecule has 0 bridgehead atoms. The Labute approximate surface area is 230 Å². The first-order valence-electron chi connectivity index (χ1n) is 12.1. The van der Waals surface area contributed by atoms with E-state index in [1.165, 1.54) is 11.8 Å². The molecule has 1 aromatic carbocycles. The highest BCUT2D eigenvalue weighted by Crippen LogP contribution is 2.07. The van der Waals surface area contributed by atoms with Gasteiger partial charge in [-0.05, 0) is 43.3 Å². The number of nitrogens with one attached hydrogen (secondary N) is 3. The normalized spacial score (nSPS) is 13.7. The van der Waals surface area contributed by atoms with Gasteiger partial charge >= 0.3 is 11.9 Å². The zero-order chi connectivity index (χ0) is 29.4. The number of carboxylic acids is 2. The lowest BCUT2D eigenvalue weighted by atomic mass is 10.0. The predicted octanol–water partition coefficient (Wildman–Crippen LogP) is -1.62. The maximum Gasteiger partial charge on any atom is 0.326 e. The third-order valence-electron chi connectivity index (χ3n) is 5.45. The summed E-state index contributed by atoms with van der Waals surface area (Å²) in [6.45, 7) is 0.125. The number of carbonyl (C=O) groups is 5. The first kappa shape index (κ1) is 33.2. The van der Waals surface area contributed by atoms with Gasteiger partial charge < -0.3 is 43.4 Å². The Morgan fingerprint density at radius 3 is 2.05 bits per heavy atom. The molecule has 4 atom stereocenters. The van der Waals surface area contributed by atoms with Crippen molar-refractivity contribution in [1.29, 1.82) is 0 Å². The second kappa shape index (κ2) is 17.6. The van der Waals surface area contributed by atoms with E-state index in [0.717, 1.165) is 5.56 Å². The third kappa shape index (κ3) is 13.5. The molecule has 0 aliphatic heterocycles. The molecule has 11 N–H and O–H groups in total. The van der Waals surface area contributed by atoms with Crippen molar-refractivity contribution in [3.63, 3.8) is 0 Å². The first-order valence-corrected chi connectivity index (χ1v) is 13.5. The fourth-order valence-corrected chi connectivity index (χ4v) is 3.90. The molecule has 39 heavy (non-hydrogen) atoms. The van der Waals surface area contributed by atoms with Gasteiger partial charge in [0.2, 0.25) is 17.7 Å². The number of rotatable bonds is 18. The van der Waals surface area contributed by atoms with Gasteiger partial charge in [0, 0.05) is 6.54 Å². The van der Waals surface area contributed by atoms with Gasteiger partial charge in [-0.3, -0.25) is 24.2 Å². The summed E-state index contributed by atoms with van der Waals surface area (Å²) in [7, 11) is 0. The van der Waals surface area contributed by atoms with E-state index < -0.39 is 60.2 Å². The zero-order valence-corrected chi connectivity index (χ0v) is 22.5. The molecule has 3 amide bonds. The molecule has 216 valence electrons. The minimum absolute atomic E-state index is 0.00444. The Hall–Kier alpha value is -3.85. The van der Waals surface area contributed by atoms with Crippen LogP contribution in [-0.4, -0.2) is 88.6 Å². The van der Waals surface area contributed by atoms with Gasteiger partial charge in [-0.1, -0.05) is 30.3 Å². The van der Waals surface area contributed by atoms with Gasteiger partial charge in [-0.2, -0.15) is 11.8 Å². The van der Waals surface area contributed by atoms with Crippen LogP contribution in [0.2, 0.25) is 0 Å². The molecule has 0 fully saturated rings. The molecule has 0 aliphatic rings. The van der Waals surface area contributed by atoms with Crippen molar-refractivity contribution in [2.75, 3.05) is 18.6 Å². The molecule has 4 unspecified atom stereocenters. The number of hydrogen-bond acceptors (Lipinski definition) is 8. The van der Waals surface area contributed by atoms with Crippen molar-refractivity contribution in [3.8, 4) is 0 Å². The molecule has 0 saturated heterocycles. The zero-order valence-electron chi connectivity index (χ0n) is 21.7. The van der Waals surface area contributed by atoms with Crippen LogP contribution in [0.15, 0.2) is 35.3 Å². The summed E-state index contributed by atoms with van der Waals surface area (Å²) in [6, 6.07) is 3.81. The minimum Gasteiger partial charge on any atom is -0.481 e. The number of thioether (sulfide) groups is 1. The SMILES string of the molecule is CSCCC(NC(=O)C(CCCN=C(N)N)NC(=O)C(CC(=O)O)NC(=O)C(N)Cc1ccccc1)C(=O)O. The number of carbonyl (C=O) groups excluding carboxylic acids is 3. The number of amides is 3. The molecule has 1 rings (SSSR count). The summed E-state index contributed by atoms with van der Waals surface area (Å²) in [5, 5.41) is 25.9. The summed E-state index contributed by atoms with van der Waals surface area (Å²) in [5.74, 6) is -4.81. The van der Waals surface area contributed by atoms with Gasteiger partial charge in [-0.15, -0.1) is 0 Å². The van der Waals surface area contributed by atoms with Gasteiger partial charge in [0.05, 0.1) is 12.5 Å². The van der Waals surface area contributed by atoms with E-state index in [0.29, 0.717) is 5.75 Å². The smallest absolute Gasteiger partial charge is 0.326 e. The molecule has 0 aliphatic carbocycles. The Kier molecular flexibility index (Phi) is 15.0. The Morgan fingerprint density at radius 1 is 0.897 bits per heavy atom. The van der Waals surface area contributed by atoms with Crippen LogP contribution in [0.1, 0.15) is 31.2 Å². The molecular formula is C24H37N7O7S. The highest BCUT2D eigenvalue weighted by molar-refractivity contribution is 7.98. The summed E-state index contributed by atoms with van der Waals surface area (Å²) in [4.78, 5) is 65.5. The second-order valence-corrected chi connectivity index (χ2v) is 9.63. The van der Waals surface area contributed by atoms with Crippen molar-refractivity contribution < 1.29 is 34.2 Å². The highest BCUT2D eigenvalue weighted by Gasteiger charge is 2.31. The quantitative estimate of drug-likeness (QED) is 0.0568. The average molecular weight is 568 g/mol. The van der Waals surface area contributed by atoms with Gasteiger partial charge in [-0.25, -0.2) is 4.79 Å². The van der Waals surface area contributed by atoms with E-state index in [9.17, 15) is 34.2 Å². The molecule has 0 saturated carbocycles. The summed E-state index contributed by atoms with van der Waals surface area (Å²) >= 11 is 1.40. The fraction of sp³-hybridized carbons (Fsp3) is 0.500. The van der Waals surface area contributed by atoms with Crippen molar-refractivity contribution in [2.45, 2.75) is 56.3 Å². The molecule has 15 heteroatoms. The van der Waals surface area contributed by atoms with Crippen LogP contribution >= 0.6 is 11.8 Å². The monoisotopic (exact) mass is 567 g/mol. The van der Waals surface area contributed by atoms with Crippen LogP contribution in [-0.2, 0) is 30.4 Å². The molecular weight excluding hydrogens is 530 g/mol. The molecule has 0 heterocycles. The maximum absolute atomic E-state index is 13.0. The lowest BCUT2D eigenvalue weighted by Crippen LogP contribution is -2.57. The van der Waals surface area contributed by atoms with E-state index in [-0.39, 0.29) is 38.2 Å². The van der Waals surface area contributed by atoms with Crippen molar-refractivity contribution in [1.82, 2.24) is 16.0 Å². The minimum atomic E-state index is -1.54. The number of aliphatic carboxylic acids is 2. The van der Waals surface area contributed by atoms with Crippen molar-refractivity contribution >= 4 is 47.4 Å². The Morgan fingerprint density at radius 2 is 1.49 bits per heavy atom. The van der Waals surface area contributed by atoms with E-state index in [2.05, 4.69) is 20.9 Å². The number of hydrogen-bond donors (Lipinski definition) is 8. The van der Waals surface area contributed by atoms with Crippen LogP contribution in [0.3, 0.4) is 0 Å². The number of benzene rings is 1. The van der Waals surface area contributed by atoms with E-state index in [1.54, 1.807) is 36.6 Å². The Bertz CT molecular complexity index is 1010. The average Bonchev–Trinajstić information content (AvgIpc) is 2.87. The number of aliphatic imine (C=N–C) groups is 1. The maximum atomic E-state index is 13.0. The molecule has 1 aromatic rings. The molecule has 0 radical (unpaired) electrons. The number of guanidine groups is 1. The molecule has 0 spiro atoms. The van der Waals surface area contributed by atoms with E-state index in [4.69, 9.17) is 17.2 Å². The van der Waals surface area contributed by atoms with E-state index in [1.807, 2.05) is 0 Å². The second-order valence-electron chi connectivity index (χ2n) is 8.65. The summed E-state index contributed by atoms with van der Waals surface area (Å²) in [6.07, 6.45) is 1.55. The third-order valence-corrected chi connectivity index (χ3v) is 6.09. The van der Waals surface area contributed by atoms with Crippen molar-refractivity contribution in [2.24, 2.45) is 22.2 Å². The summed E-state index contributed by atoms with van der Waals surface area (Å²) in [5.41, 5.74) is 17.3. The predicted molar refractivity (Wildman–Crippen MR) is 147 cm³/mol. The first-order chi connectivity index (χ1) is 18.4. The largest absolute Gasteiger partial charge is 0.481 e. The van der Waals surface area contributed by atoms with Crippen LogP contribution in [0.25, 0.3) is 0 Å². The number of carboxylic acid groups (broad SMARTS) is 2. The standard InChI is InChI=1S/C24H37N7O7S/c1-39-11-9-17(23(37)38)30-21(35)16(8-5-10-28-24(26)27)29-22(36)18(13-19(32)33)31-20(34)15(25)12-14-6-3-2-4-7-14/h2-4,6-7,15-18H,5,8-13,25H2,1H3,(H,29,36)(H,30,35)(H,31,34)(H,32,33)(H,37,38)(H4,26,27,28). The van der Waals surface area contributed by atoms with E-state index >= 15 is 0 Å². The summed E-state index contributed by atoms with van der Waals surface area (Å²) < 4.78 is 0.